The molecule has 0 atom stereocenters. The molecule has 0 aliphatic carbocycles. The fraction of sp³-hybridized carbons (Fsp3) is 0.143. The van der Waals surface area contributed by atoms with Crippen LogP contribution < -0.4 is 5.32 Å². The van der Waals surface area contributed by atoms with Crippen molar-refractivity contribution in [1.82, 2.24) is 0 Å². The van der Waals surface area contributed by atoms with E-state index in [1.807, 2.05) is 0 Å². The number of nitro groups is 1. The lowest BCUT2D eigenvalue weighted by molar-refractivity contribution is -0.385. The number of non-ortho nitro benzene ring substituents is 1. The maximum Gasteiger partial charge on any atom is 0.275 e. The summed E-state index contributed by atoms with van der Waals surface area (Å²) >= 11 is 0. The molecule has 0 aromatic heterocycles. The fourth-order valence-electron chi connectivity index (χ4n) is 1.86. The molecule has 0 amide bonds. The van der Waals surface area contributed by atoms with E-state index in [2.05, 4.69) is 5.32 Å². The van der Waals surface area contributed by atoms with E-state index in [0.29, 0.717) is 17.7 Å². The normalized spacial score (nSPS) is 10.4. The molecule has 2 rings (SSSR count). The SMILES string of the molecule is O=[N+]([O-])c1cc(F)c(NCCc2ccccc2F)c(F)c1. The molecule has 0 aliphatic heterocycles. The van der Waals surface area contributed by atoms with Crippen molar-refractivity contribution < 1.29 is 18.1 Å². The van der Waals surface area contributed by atoms with Crippen molar-refractivity contribution in [2.45, 2.75) is 6.42 Å². The van der Waals surface area contributed by atoms with E-state index in [1.165, 1.54) is 6.07 Å². The Balaban J connectivity index is 2.07. The summed E-state index contributed by atoms with van der Waals surface area (Å²) < 4.78 is 40.6. The summed E-state index contributed by atoms with van der Waals surface area (Å²) in [6, 6.07) is 7.33. The molecule has 0 saturated carbocycles. The molecule has 0 heterocycles. The number of nitrogens with one attached hydrogen (secondary N) is 1. The highest BCUT2D eigenvalue weighted by atomic mass is 19.1. The zero-order valence-electron chi connectivity index (χ0n) is 10.8. The molecule has 0 fully saturated rings. The lowest BCUT2D eigenvalue weighted by Gasteiger charge is -2.09. The number of rotatable bonds is 5. The molecule has 2 aromatic carbocycles. The zero-order valence-corrected chi connectivity index (χ0v) is 10.8. The Kier molecular flexibility index (Phi) is 4.42. The van der Waals surface area contributed by atoms with Gasteiger partial charge in [0.2, 0.25) is 0 Å². The van der Waals surface area contributed by atoms with Crippen molar-refractivity contribution in [2.75, 3.05) is 11.9 Å². The Morgan fingerprint density at radius 3 is 2.24 bits per heavy atom. The van der Waals surface area contributed by atoms with E-state index in [1.54, 1.807) is 18.2 Å². The van der Waals surface area contributed by atoms with Crippen molar-refractivity contribution in [3.05, 3.63) is 69.5 Å². The van der Waals surface area contributed by atoms with E-state index in [0.717, 1.165) is 0 Å². The molecule has 0 saturated heterocycles. The van der Waals surface area contributed by atoms with Crippen molar-refractivity contribution in [3.63, 3.8) is 0 Å². The van der Waals surface area contributed by atoms with Gasteiger partial charge in [-0.3, -0.25) is 10.1 Å². The second-order valence-corrected chi connectivity index (χ2v) is 4.31. The smallest absolute Gasteiger partial charge is 0.275 e. The minimum absolute atomic E-state index is 0.0899. The number of nitro benzene ring substituents is 1. The predicted molar refractivity (Wildman–Crippen MR) is 71.6 cm³/mol. The molecule has 0 radical (unpaired) electrons. The standard InChI is InChI=1S/C14H11F3N2O2/c15-11-4-2-1-3-9(11)5-6-18-14-12(16)7-10(19(20)21)8-13(14)17/h1-4,7-8,18H,5-6H2. The van der Waals surface area contributed by atoms with E-state index in [9.17, 15) is 23.3 Å². The average Bonchev–Trinajstić information content (AvgIpc) is 2.43. The highest BCUT2D eigenvalue weighted by Gasteiger charge is 2.16. The van der Waals surface area contributed by atoms with Crippen LogP contribution in [0.5, 0.6) is 0 Å². The van der Waals surface area contributed by atoms with E-state index in [4.69, 9.17) is 0 Å². The van der Waals surface area contributed by atoms with Gasteiger partial charge in [-0.2, -0.15) is 0 Å². The van der Waals surface area contributed by atoms with Crippen LogP contribution in [0.15, 0.2) is 36.4 Å². The van der Waals surface area contributed by atoms with Gasteiger partial charge in [-0.1, -0.05) is 18.2 Å². The van der Waals surface area contributed by atoms with Gasteiger partial charge >= 0.3 is 0 Å². The van der Waals surface area contributed by atoms with Crippen molar-refractivity contribution in [1.29, 1.82) is 0 Å². The first-order chi connectivity index (χ1) is 9.99. The van der Waals surface area contributed by atoms with Crippen LogP contribution in [-0.2, 0) is 6.42 Å². The molecule has 1 N–H and O–H groups in total. The van der Waals surface area contributed by atoms with Gasteiger partial charge in [0.05, 0.1) is 17.1 Å². The van der Waals surface area contributed by atoms with Crippen LogP contribution in [-0.4, -0.2) is 11.5 Å². The molecule has 110 valence electrons. The number of hydrogen-bond donors (Lipinski definition) is 1. The van der Waals surface area contributed by atoms with Gasteiger partial charge in [-0.05, 0) is 18.1 Å². The Hall–Kier alpha value is -2.57. The number of benzene rings is 2. The van der Waals surface area contributed by atoms with Gasteiger partial charge in [-0.25, -0.2) is 13.2 Å². The monoisotopic (exact) mass is 296 g/mol. The summed E-state index contributed by atoms with van der Waals surface area (Å²) in [7, 11) is 0. The minimum Gasteiger partial charge on any atom is -0.380 e. The second-order valence-electron chi connectivity index (χ2n) is 4.31. The Morgan fingerprint density at radius 1 is 1.05 bits per heavy atom. The van der Waals surface area contributed by atoms with E-state index < -0.39 is 33.7 Å². The molecule has 2 aromatic rings. The van der Waals surface area contributed by atoms with Gasteiger partial charge in [-0.15, -0.1) is 0 Å². The third-order valence-electron chi connectivity index (χ3n) is 2.89. The molecule has 0 bridgehead atoms. The van der Waals surface area contributed by atoms with Crippen LogP contribution in [0.1, 0.15) is 5.56 Å². The molecule has 4 nitrogen and oxygen atoms in total. The van der Waals surface area contributed by atoms with Crippen LogP contribution in [0.25, 0.3) is 0 Å². The molecule has 0 spiro atoms. The van der Waals surface area contributed by atoms with E-state index >= 15 is 0 Å². The largest absolute Gasteiger partial charge is 0.380 e. The van der Waals surface area contributed by atoms with Crippen LogP contribution >= 0.6 is 0 Å². The summed E-state index contributed by atoms with van der Waals surface area (Å²) in [4.78, 5) is 9.58. The van der Waals surface area contributed by atoms with Gasteiger partial charge in [0.1, 0.15) is 11.5 Å². The Labute approximate surface area is 118 Å². The van der Waals surface area contributed by atoms with Crippen LogP contribution in [0.2, 0.25) is 0 Å². The van der Waals surface area contributed by atoms with Gasteiger partial charge in [0, 0.05) is 6.54 Å². The molecule has 0 unspecified atom stereocenters. The summed E-state index contributed by atoms with van der Waals surface area (Å²) in [6.45, 7) is 0.0899. The first kappa shape index (κ1) is 14.8. The third kappa shape index (κ3) is 3.50. The first-order valence-electron chi connectivity index (χ1n) is 6.09. The highest BCUT2D eigenvalue weighted by molar-refractivity contribution is 5.51. The van der Waals surface area contributed by atoms with Crippen molar-refractivity contribution in [3.8, 4) is 0 Å². The number of nitrogens with zero attached hydrogens (tertiary/aromatic N) is 1. The number of halogens is 3. The predicted octanol–water partition coefficient (Wildman–Crippen LogP) is 3.67. The van der Waals surface area contributed by atoms with Crippen LogP contribution in [0, 0.1) is 27.6 Å². The molecule has 21 heavy (non-hydrogen) atoms. The molecule has 0 aliphatic rings. The Bertz CT molecular complexity index is 654. The second kappa shape index (κ2) is 6.25. The average molecular weight is 296 g/mol. The zero-order chi connectivity index (χ0) is 15.4. The minimum atomic E-state index is -1.06. The van der Waals surface area contributed by atoms with Gasteiger partial charge < -0.3 is 5.32 Å². The molecule has 7 heteroatoms. The van der Waals surface area contributed by atoms with Gasteiger partial charge in [0.15, 0.2) is 11.6 Å². The van der Waals surface area contributed by atoms with E-state index in [-0.39, 0.29) is 13.0 Å². The van der Waals surface area contributed by atoms with Gasteiger partial charge in [0.25, 0.3) is 5.69 Å². The molecular weight excluding hydrogens is 285 g/mol. The fourth-order valence-corrected chi connectivity index (χ4v) is 1.86. The van der Waals surface area contributed by atoms with Crippen LogP contribution in [0.4, 0.5) is 24.5 Å². The number of hydrogen-bond acceptors (Lipinski definition) is 3. The number of anilines is 1. The summed E-state index contributed by atoms with van der Waals surface area (Å²) in [5.41, 5.74) is -0.714. The summed E-state index contributed by atoms with van der Waals surface area (Å²) in [6.07, 6.45) is 0.225. The third-order valence-corrected chi connectivity index (χ3v) is 2.89. The Morgan fingerprint density at radius 2 is 1.67 bits per heavy atom. The van der Waals surface area contributed by atoms with Crippen LogP contribution in [0.3, 0.4) is 0 Å². The van der Waals surface area contributed by atoms with Crippen molar-refractivity contribution in [2.24, 2.45) is 0 Å². The lowest BCUT2D eigenvalue weighted by atomic mass is 10.1. The maximum absolute atomic E-state index is 13.6. The summed E-state index contributed by atoms with van der Waals surface area (Å²) in [5, 5.41) is 12.9. The highest BCUT2D eigenvalue weighted by Crippen LogP contribution is 2.24. The summed E-state index contributed by atoms with van der Waals surface area (Å²) in [5.74, 6) is -2.52. The maximum atomic E-state index is 13.6. The first-order valence-corrected chi connectivity index (χ1v) is 6.09. The lowest BCUT2D eigenvalue weighted by Crippen LogP contribution is -2.09. The topological polar surface area (TPSA) is 55.2 Å². The quantitative estimate of drug-likeness (QED) is 0.676. The van der Waals surface area contributed by atoms with Crippen molar-refractivity contribution >= 4 is 11.4 Å². The molecular formula is C14H11F3N2O2.